The Morgan fingerprint density at radius 3 is 2.41 bits per heavy atom. The van der Waals surface area contributed by atoms with E-state index in [1.165, 1.54) is 54.9 Å². The number of ketones is 1. The number of hydrogen-bond acceptors (Lipinski definition) is 5. The molecule has 1 heterocycles. The predicted octanol–water partition coefficient (Wildman–Crippen LogP) is 3.85. The number of hydrogen-bond donors (Lipinski definition) is 3. The van der Waals surface area contributed by atoms with Crippen molar-refractivity contribution in [3.8, 4) is 11.5 Å². The molecule has 0 saturated carbocycles. The second-order valence-corrected chi connectivity index (χ2v) is 7.47. The van der Waals surface area contributed by atoms with Crippen LogP contribution in [0.3, 0.4) is 0 Å². The smallest absolute Gasteiger partial charge is 0.437 e. The van der Waals surface area contributed by atoms with Gasteiger partial charge in [0.15, 0.2) is 17.3 Å². The molecule has 1 aliphatic heterocycles. The number of benzene rings is 2. The summed E-state index contributed by atoms with van der Waals surface area (Å²) in [6, 6.07) is 6.52. The first-order valence-electron chi connectivity index (χ1n) is 9.50. The molecule has 1 fully saturated rings. The number of halogens is 4. The molecule has 2 amide bonds. The Labute approximate surface area is 186 Å². The molecule has 3 atom stereocenters. The summed E-state index contributed by atoms with van der Waals surface area (Å²) in [6.45, 7) is 2.05. The number of rotatable bonds is 6. The molecular weight excluding hydrogens is 453 g/mol. The Kier molecular flexibility index (Phi) is 6.56. The molecule has 0 aromatic heterocycles. The molecule has 11 heteroatoms. The van der Waals surface area contributed by atoms with Crippen LogP contribution in [-0.2, 0) is 0 Å². The zero-order valence-electron chi connectivity index (χ0n) is 17.0. The van der Waals surface area contributed by atoms with Gasteiger partial charge in [0, 0.05) is 10.6 Å². The summed E-state index contributed by atoms with van der Waals surface area (Å²) in [5.74, 6) is -2.70. The highest BCUT2D eigenvalue weighted by Crippen LogP contribution is 2.45. The van der Waals surface area contributed by atoms with Crippen LogP contribution in [0.15, 0.2) is 42.5 Å². The highest BCUT2D eigenvalue weighted by atomic mass is 35.5. The van der Waals surface area contributed by atoms with Crippen LogP contribution in [-0.4, -0.2) is 42.5 Å². The molecule has 1 aliphatic rings. The molecule has 172 valence electrons. The van der Waals surface area contributed by atoms with Crippen molar-refractivity contribution >= 4 is 23.4 Å². The van der Waals surface area contributed by atoms with E-state index < -0.39 is 35.7 Å². The fourth-order valence-electron chi connectivity index (χ4n) is 3.56. The van der Waals surface area contributed by atoms with E-state index in [-0.39, 0.29) is 21.9 Å². The fraction of sp³-hybridized carbons (Fsp3) is 0.333. The fourth-order valence-corrected chi connectivity index (χ4v) is 3.69. The lowest BCUT2D eigenvalue weighted by Gasteiger charge is -2.45. The maximum atomic E-state index is 14.0. The van der Waals surface area contributed by atoms with Crippen molar-refractivity contribution in [2.24, 2.45) is 5.92 Å². The zero-order valence-corrected chi connectivity index (χ0v) is 17.8. The molecule has 7 nitrogen and oxygen atoms in total. The zero-order chi connectivity index (χ0) is 23.7. The molecule has 0 bridgehead atoms. The van der Waals surface area contributed by atoms with Crippen molar-refractivity contribution in [1.82, 2.24) is 10.6 Å². The Bertz CT molecular complexity index is 1020. The molecule has 0 aliphatic carbocycles. The minimum atomic E-state index is -5.36. The van der Waals surface area contributed by atoms with E-state index in [4.69, 9.17) is 21.1 Å². The number of ether oxygens (including phenoxy) is 2. The maximum absolute atomic E-state index is 14.0. The van der Waals surface area contributed by atoms with Gasteiger partial charge in [-0.25, -0.2) is 4.79 Å². The summed E-state index contributed by atoms with van der Waals surface area (Å²) in [5, 5.41) is 14.7. The summed E-state index contributed by atoms with van der Waals surface area (Å²) in [7, 11) is 1.34. The standard InChI is InChI=1S/C21H20ClF3N2O5/c1-3-32-14-9-6-12(10-15(14)31-2)17-16(18(28)11-4-7-13(22)8-5-11)20(30,21(23,24)25)27-19(29)26-17/h4-10,16-17,30H,3H2,1-2H3,(H2,26,27,29). The van der Waals surface area contributed by atoms with Gasteiger partial charge >= 0.3 is 12.2 Å². The van der Waals surface area contributed by atoms with Crippen molar-refractivity contribution < 1.29 is 37.3 Å². The molecule has 2 aromatic carbocycles. The van der Waals surface area contributed by atoms with Crippen LogP contribution in [0, 0.1) is 5.92 Å². The number of aliphatic hydroxyl groups is 1. The van der Waals surface area contributed by atoms with E-state index in [2.05, 4.69) is 5.32 Å². The predicted molar refractivity (Wildman–Crippen MR) is 109 cm³/mol. The molecule has 3 N–H and O–H groups in total. The number of methoxy groups -OCH3 is 1. The van der Waals surface area contributed by atoms with Gasteiger partial charge in [0.2, 0.25) is 5.72 Å². The van der Waals surface area contributed by atoms with Crippen molar-refractivity contribution in [3.63, 3.8) is 0 Å². The third-order valence-electron chi connectivity index (χ3n) is 5.06. The number of Topliss-reactive ketones (excluding diaryl/α,β-unsaturated/α-hetero) is 1. The van der Waals surface area contributed by atoms with Gasteiger partial charge in [0.1, 0.15) is 5.92 Å². The third kappa shape index (κ3) is 4.33. The lowest BCUT2D eigenvalue weighted by Crippen LogP contribution is -2.72. The van der Waals surface area contributed by atoms with Crippen molar-refractivity contribution in [3.05, 3.63) is 58.6 Å². The Morgan fingerprint density at radius 2 is 1.84 bits per heavy atom. The van der Waals surface area contributed by atoms with Crippen molar-refractivity contribution in [2.45, 2.75) is 24.9 Å². The molecule has 3 rings (SSSR count). The molecule has 0 spiro atoms. The van der Waals surface area contributed by atoms with Crippen LogP contribution in [0.5, 0.6) is 11.5 Å². The van der Waals surface area contributed by atoms with Gasteiger partial charge in [-0.15, -0.1) is 0 Å². The van der Waals surface area contributed by atoms with Gasteiger partial charge in [0.25, 0.3) is 0 Å². The van der Waals surface area contributed by atoms with Gasteiger partial charge in [-0.2, -0.15) is 13.2 Å². The van der Waals surface area contributed by atoms with Gasteiger partial charge in [-0.3, -0.25) is 4.79 Å². The van der Waals surface area contributed by atoms with E-state index in [1.54, 1.807) is 6.92 Å². The molecule has 3 unspecified atom stereocenters. The molecular formula is C21H20ClF3N2O5. The first kappa shape index (κ1) is 23.7. The third-order valence-corrected chi connectivity index (χ3v) is 5.32. The number of alkyl halides is 3. The van der Waals surface area contributed by atoms with Crippen molar-refractivity contribution in [1.29, 1.82) is 0 Å². The summed E-state index contributed by atoms with van der Waals surface area (Å²) < 4.78 is 52.6. The van der Waals surface area contributed by atoms with Crippen LogP contribution in [0.4, 0.5) is 18.0 Å². The van der Waals surface area contributed by atoms with Crippen LogP contribution in [0.1, 0.15) is 28.9 Å². The van der Waals surface area contributed by atoms with Crippen LogP contribution >= 0.6 is 11.6 Å². The largest absolute Gasteiger partial charge is 0.493 e. The SMILES string of the molecule is CCOc1ccc(C2NC(=O)NC(O)(C(F)(F)F)C2C(=O)c2ccc(Cl)cc2)cc1OC. The van der Waals surface area contributed by atoms with E-state index in [0.29, 0.717) is 12.4 Å². The number of urea groups is 1. The van der Waals surface area contributed by atoms with E-state index in [0.717, 1.165) is 0 Å². The Morgan fingerprint density at radius 1 is 1.19 bits per heavy atom. The highest BCUT2D eigenvalue weighted by molar-refractivity contribution is 6.30. The van der Waals surface area contributed by atoms with Gasteiger partial charge in [0.05, 0.1) is 19.8 Å². The summed E-state index contributed by atoms with van der Waals surface area (Å²) >= 11 is 5.81. The van der Waals surface area contributed by atoms with Gasteiger partial charge in [-0.1, -0.05) is 17.7 Å². The Hall–Kier alpha value is -2.98. The summed E-state index contributed by atoms with van der Waals surface area (Å²) in [4.78, 5) is 25.4. The van der Waals surface area contributed by atoms with E-state index >= 15 is 0 Å². The first-order valence-corrected chi connectivity index (χ1v) is 9.88. The quantitative estimate of drug-likeness (QED) is 0.555. The van der Waals surface area contributed by atoms with Gasteiger partial charge < -0.3 is 25.2 Å². The lowest BCUT2D eigenvalue weighted by molar-refractivity contribution is -0.287. The van der Waals surface area contributed by atoms with Crippen LogP contribution in [0.25, 0.3) is 0 Å². The second kappa shape index (κ2) is 8.87. The molecule has 0 radical (unpaired) electrons. The molecule has 32 heavy (non-hydrogen) atoms. The maximum Gasteiger partial charge on any atom is 0.437 e. The van der Waals surface area contributed by atoms with Crippen LogP contribution < -0.4 is 20.1 Å². The number of nitrogens with one attached hydrogen (secondary N) is 2. The average Bonchev–Trinajstić information content (AvgIpc) is 2.73. The first-order chi connectivity index (χ1) is 15.0. The second-order valence-electron chi connectivity index (χ2n) is 7.03. The lowest BCUT2D eigenvalue weighted by atomic mass is 9.77. The molecule has 2 aromatic rings. The topological polar surface area (TPSA) is 96.9 Å². The number of carbonyl (C=O) groups is 2. The molecule has 1 saturated heterocycles. The number of carbonyl (C=O) groups excluding carboxylic acids is 2. The summed E-state index contributed by atoms with van der Waals surface area (Å²) in [6.07, 6.45) is -5.36. The van der Waals surface area contributed by atoms with Crippen LogP contribution in [0.2, 0.25) is 5.02 Å². The van der Waals surface area contributed by atoms with Gasteiger partial charge in [-0.05, 0) is 48.9 Å². The normalized spacial score (nSPS) is 23.2. The Balaban J connectivity index is 2.16. The van der Waals surface area contributed by atoms with E-state index in [9.17, 15) is 27.9 Å². The minimum Gasteiger partial charge on any atom is -0.493 e. The average molecular weight is 473 g/mol. The van der Waals surface area contributed by atoms with Crippen molar-refractivity contribution in [2.75, 3.05) is 13.7 Å². The summed E-state index contributed by atoms with van der Waals surface area (Å²) in [5.41, 5.74) is -3.85. The number of amides is 2. The monoisotopic (exact) mass is 472 g/mol. The minimum absolute atomic E-state index is 0.107. The van der Waals surface area contributed by atoms with E-state index in [1.807, 2.05) is 0 Å². The highest BCUT2D eigenvalue weighted by Gasteiger charge is 2.66.